The van der Waals surface area contributed by atoms with Crippen molar-refractivity contribution < 1.29 is 55.6 Å². The minimum atomic E-state index is -4.19. The molecule has 12 nitrogen and oxygen atoms in total. The molecule has 1 aromatic rings. The summed E-state index contributed by atoms with van der Waals surface area (Å²) in [5.74, 6) is -0.281. The summed E-state index contributed by atoms with van der Waals surface area (Å²) >= 11 is 2.30. The summed E-state index contributed by atoms with van der Waals surface area (Å²) in [5.41, 5.74) is 2.09. The van der Waals surface area contributed by atoms with E-state index < -0.39 is 94.8 Å². The summed E-state index contributed by atoms with van der Waals surface area (Å²) in [6, 6.07) is 8.68. The predicted octanol–water partition coefficient (Wildman–Crippen LogP) is 15.5. The topological polar surface area (TPSA) is 148 Å². The van der Waals surface area contributed by atoms with Gasteiger partial charge in [0.05, 0.1) is 71.2 Å². The van der Waals surface area contributed by atoms with E-state index in [4.69, 9.17) is 37.0 Å². The van der Waals surface area contributed by atoms with Crippen molar-refractivity contribution in [1.82, 2.24) is 0 Å². The summed E-state index contributed by atoms with van der Waals surface area (Å²) in [6.45, 7) is 52.0. The van der Waals surface area contributed by atoms with Gasteiger partial charge in [0.25, 0.3) is 0 Å². The second-order valence-corrected chi connectivity index (χ2v) is 47.7. The Morgan fingerprint density at radius 1 is 0.759 bits per heavy atom. The highest BCUT2D eigenvalue weighted by Gasteiger charge is 2.59. The molecule has 19 atom stereocenters. The lowest BCUT2D eigenvalue weighted by Crippen LogP contribution is -2.69. The second kappa shape index (κ2) is 28.7. The first-order chi connectivity index (χ1) is 38.4. The molecule has 476 valence electrons. The number of aliphatic hydroxyl groups excluding tert-OH is 2. The SMILES string of the molecule is C=C1C[C@H](CCCO)OC1CC[C@H]1C[C@@H](C)C(=C)C(C[C@@H]2OC(C[C@H](C)CC)[C@H](C)[C@H]2C(C(O)CC2CC[C@@H]3O[C@@H]([C@H](/C=C/I)O[Si](C)(C)C(C)(C)C)[C@@H](O[Si](C)(C)C(C)(C)C)[C@@H](O[Si](C)(C)C(C)(C)C)[C@H]3O2)S(=O)(=O)c2ccccc2)O1. The number of rotatable bonds is 25. The molecule has 2 N–H and O–H groups in total. The van der Waals surface area contributed by atoms with Gasteiger partial charge in [0.1, 0.15) is 24.4 Å². The van der Waals surface area contributed by atoms with Crippen LogP contribution in [0.5, 0.6) is 0 Å². The minimum Gasteiger partial charge on any atom is -0.408 e. The van der Waals surface area contributed by atoms with Gasteiger partial charge in [0.2, 0.25) is 0 Å². The molecule has 1 aromatic carbocycles. The zero-order valence-corrected chi connectivity index (χ0v) is 60.9. The van der Waals surface area contributed by atoms with Gasteiger partial charge in [-0.15, -0.1) is 0 Å². The van der Waals surface area contributed by atoms with Crippen LogP contribution in [0.15, 0.2) is 69.7 Å². The van der Waals surface area contributed by atoms with Crippen LogP contribution < -0.4 is 0 Å². The summed E-state index contributed by atoms with van der Waals surface area (Å²) < 4.78 is 91.9. The van der Waals surface area contributed by atoms with Crippen LogP contribution in [0, 0.1) is 23.7 Å². The molecule has 5 fully saturated rings. The molecule has 17 heteroatoms. The van der Waals surface area contributed by atoms with E-state index in [2.05, 4.69) is 171 Å². The van der Waals surface area contributed by atoms with E-state index in [0.29, 0.717) is 31.6 Å². The summed E-state index contributed by atoms with van der Waals surface area (Å²) in [4.78, 5) is 0.182. The highest BCUT2D eigenvalue weighted by Crippen LogP contribution is 2.50. The molecule has 0 saturated carbocycles. The van der Waals surface area contributed by atoms with E-state index >= 15 is 8.42 Å². The number of hydrogen-bond acceptors (Lipinski definition) is 12. The Kier molecular flexibility index (Phi) is 24.7. The number of halogens is 1. The molecule has 83 heavy (non-hydrogen) atoms. The lowest BCUT2D eigenvalue weighted by Gasteiger charge is -2.56. The molecule has 5 saturated heterocycles. The van der Waals surface area contributed by atoms with Crippen LogP contribution in [0.3, 0.4) is 0 Å². The first-order valence-electron chi connectivity index (χ1n) is 31.9. The maximum absolute atomic E-state index is 15.8. The maximum Gasteiger partial charge on any atom is 0.193 e. The maximum atomic E-state index is 15.8. The normalized spacial score (nSPS) is 33.3. The number of fused-ring (bicyclic) bond motifs is 1. The molecule has 0 radical (unpaired) electrons. The summed E-state index contributed by atoms with van der Waals surface area (Å²) in [5, 5.41) is 21.2. The first kappa shape index (κ1) is 71.4. The molecule has 0 aliphatic carbocycles. The van der Waals surface area contributed by atoms with Gasteiger partial charge in [-0.05, 0) is 163 Å². The smallest absolute Gasteiger partial charge is 0.193 e. The Bertz CT molecular complexity index is 2400. The van der Waals surface area contributed by atoms with Crippen molar-refractivity contribution in [2.24, 2.45) is 23.7 Å². The van der Waals surface area contributed by atoms with E-state index in [1.807, 2.05) is 10.1 Å². The van der Waals surface area contributed by atoms with Gasteiger partial charge in [0.15, 0.2) is 34.8 Å². The third-order valence-electron chi connectivity index (χ3n) is 21.3. The summed E-state index contributed by atoms with van der Waals surface area (Å²) in [7, 11) is -11.7. The lowest BCUT2D eigenvalue weighted by atomic mass is 9.77. The third kappa shape index (κ3) is 17.3. The fraction of sp³-hybridized carbons (Fsp3) is 0.818. The van der Waals surface area contributed by atoms with Gasteiger partial charge < -0.3 is 47.2 Å². The van der Waals surface area contributed by atoms with Crippen LogP contribution in [0.4, 0.5) is 0 Å². The van der Waals surface area contributed by atoms with Crippen molar-refractivity contribution in [3.05, 3.63) is 64.8 Å². The van der Waals surface area contributed by atoms with Crippen LogP contribution in [0.25, 0.3) is 0 Å². The van der Waals surface area contributed by atoms with Crippen LogP contribution in [-0.2, 0) is 46.8 Å². The highest BCUT2D eigenvalue weighted by molar-refractivity contribution is 14.1. The Morgan fingerprint density at radius 2 is 1.36 bits per heavy atom. The quantitative estimate of drug-likeness (QED) is 0.0545. The Labute approximate surface area is 521 Å². The highest BCUT2D eigenvalue weighted by atomic mass is 127. The van der Waals surface area contributed by atoms with Crippen molar-refractivity contribution >= 4 is 57.4 Å². The molecule has 6 rings (SSSR count). The molecular formula is C66H115IO12SSi3. The van der Waals surface area contributed by atoms with Crippen molar-refractivity contribution in [1.29, 1.82) is 0 Å². The van der Waals surface area contributed by atoms with E-state index in [0.717, 1.165) is 56.1 Å². The monoisotopic (exact) mass is 1340 g/mol. The molecular weight excluding hydrogens is 1230 g/mol. The van der Waals surface area contributed by atoms with Crippen LogP contribution in [0.1, 0.15) is 167 Å². The van der Waals surface area contributed by atoms with Crippen LogP contribution >= 0.6 is 22.6 Å². The zero-order chi connectivity index (χ0) is 62.0. The minimum absolute atomic E-state index is 0.0483. The zero-order valence-electron chi connectivity index (χ0n) is 54.9. The van der Waals surface area contributed by atoms with E-state index in [9.17, 15) is 10.2 Å². The first-order valence-corrected chi connectivity index (χ1v) is 43.4. The molecule has 0 spiro atoms. The van der Waals surface area contributed by atoms with Crippen molar-refractivity contribution in [2.45, 2.75) is 317 Å². The third-order valence-corrected chi connectivity index (χ3v) is 37.4. The van der Waals surface area contributed by atoms with Crippen molar-refractivity contribution in [2.75, 3.05) is 6.61 Å². The Hall–Kier alpha value is -0.629. The number of hydrogen-bond donors (Lipinski definition) is 2. The van der Waals surface area contributed by atoms with Gasteiger partial charge >= 0.3 is 0 Å². The fourth-order valence-corrected chi connectivity index (χ4v) is 19.2. The molecule has 5 aliphatic heterocycles. The number of ether oxygens (including phenoxy) is 5. The number of benzene rings is 1. The van der Waals surface area contributed by atoms with E-state index in [1.165, 1.54) is 0 Å². The molecule has 0 aromatic heterocycles. The molecule has 5 heterocycles. The lowest BCUT2D eigenvalue weighted by molar-refractivity contribution is -0.268. The Morgan fingerprint density at radius 3 is 1.94 bits per heavy atom. The fourth-order valence-electron chi connectivity index (χ4n) is 12.7. The number of sulfone groups is 1. The standard InChI is InChI=1S/C66H115IO12SSi3/c1-22-42(2)37-55-46(6)58(57(75-55)41-56-45(5)43(3)38-48(73-56)30-32-52-44(4)39-47(72-52)27-26-36-68)63(80(70,71)50-28-24-23-25-29-50)51(69)40-49-31-33-53-59(74-49)61(78-82(18,19)65(10,11)12)62(79-83(20,21)66(13,14)15)60(76-53)54(34-35-67)77-81(16,17)64(7,8)9/h23-25,28-29,34-35,42-43,46-49,51-63,68-69H,4-5,22,26-27,30-33,36-41H2,1-3,6-21H3/b35-34+/t42-,43-,46+,47+,48+,49?,51?,52?,53+,54+,55?,56?,57+,58-,59+,60+,61+,62-,63?/m1/s1. The van der Waals surface area contributed by atoms with Gasteiger partial charge in [0, 0.05) is 25.4 Å². The average molecular weight is 1340 g/mol. The average Bonchev–Trinajstić information content (AvgIpc) is 2.21. The molecule has 0 bridgehead atoms. The predicted molar refractivity (Wildman–Crippen MR) is 354 cm³/mol. The molecule has 0 amide bonds. The van der Waals surface area contributed by atoms with Gasteiger partial charge in [-0.2, -0.15) is 0 Å². The van der Waals surface area contributed by atoms with Crippen molar-refractivity contribution in [3.63, 3.8) is 0 Å². The molecule has 5 aliphatic rings. The van der Waals surface area contributed by atoms with Crippen molar-refractivity contribution in [3.8, 4) is 0 Å². The second-order valence-electron chi connectivity index (χ2n) is 30.6. The van der Waals surface area contributed by atoms with Gasteiger partial charge in [-0.3, -0.25) is 0 Å². The van der Waals surface area contributed by atoms with Gasteiger partial charge in [-0.25, -0.2) is 8.42 Å². The molecule has 6 unspecified atom stereocenters. The largest absolute Gasteiger partial charge is 0.408 e. The Balaban J connectivity index is 1.38. The van der Waals surface area contributed by atoms with Crippen LogP contribution in [0.2, 0.25) is 54.4 Å². The number of aliphatic hydroxyl groups is 2. The van der Waals surface area contributed by atoms with E-state index in [1.54, 1.807) is 24.3 Å². The summed E-state index contributed by atoms with van der Waals surface area (Å²) in [6.07, 6.45) is 4.30. The van der Waals surface area contributed by atoms with Gasteiger partial charge in [-0.1, -0.05) is 150 Å². The van der Waals surface area contributed by atoms with Crippen LogP contribution in [-0.4, -0.2) is 141 Å². The van der Waals surface area contributed by atoms with E-state index in [-0.39, 0.29) is 81.5 Å².